The van der Waals surface area contributed by atoms with Gasteiger partial charge in [-0.05, 0) is 75.8 Å². The standard InChI is InChI=1S/C14H21N3O.2C4H4O4/c1-16(2)8-6-11-9-13-12(5-4-7-15-13)14(18)17(3)10-11;2*5-3(6)1-2-4(7)8/h4-5,7,11H,6,8-10H2,1-3H3;2*1-2H,(H,5,6)(H,7,8)/p-4/b;2*2-1+. The summed E-state index contributed by atoms with van der Waals surface area (Å²) in [5.74, 6) is -5.59. The monoisotopic (exact) mass is 475 g/mol. The van der Waals surface area contributed by atoms with E-state index in [0.717, 1.165) is 37.2 Å². The number of carboxylic acids is 4. The van der Waals surface area contributed by atoms with Gasteiger partial charge in [0.1, 0.15) is 0 Å². The number of hydrogen-bond donors (Lipinski definition) is 0. The molecule has 0 fully saturated rings. The second kappa shape index (κ2) is 15.7. The molecule has 0 radical (unpaired) electrons. The molecule has 1 unspecified atom stereocenters. The quantitative estimate of drug-likeness (QED) is 0.344. The lowest BCUT2D eigenvalue weighted by atomic mass is 9.98. The van der Waals surface area contributed by atoms with E-state index in [4.69, 9.17) is 0 Å². The minimum absolute atomic E-state index is 0.102. The van der Waals surface area contributed by atoms with Crippen LogP contribution in [0.4, 0.5) is 0 Å². The lowest BCUT2D eigenvalue weighted by Crippen LogP contribution is -2.31. The van der Waals surface area contributed by atoms with Crippen LogP contribution in [0.15, 0.2) is 42.6 Å². The Hall–Kier alpha value is -4.06. The number of pyridine rings is 1. The zero-order valence-electron chi connectivity index (χ0n) is 19.0. The van der Waals surface area contributed by atoms with Crippen LogP contribution < -0.4 is 20.4 Å². The molecular weight excluding hydrogens is 450 g/mol. The van der Waals surface area contributed by atoms with Crippen molar-refractivity contribution in [1.82, 2.24) is 14.8 Å². The summed E-state index contributed by atoms with van der Waals surface area (Å²) < 4.78 is 0. The smallest absolute Gasteiger partial charge is 0.255 e. The molecule has 1 aliphatic rings. The minimum Gasteiger partial charge on any atom is -0.545 e. The van der Waals surface area contributed by atoms with Gasteiger partial charge in [0.05, 0.1) is 35.1 Å². The number of hydrogen-bond acceptors (Lipinski definition) is 11. The number of carbonyl (C=O) groups is 5. The summed E-state index contributed by atoms with van der Waals surface area (Å²) in [6.45, 7) is 1.87. The molecule has 0 aromatic carbocycles. The van der Waals surface area contributed by atoms with Crippen molar-refractivity contribution in [3.05, 3.63) is 53.9 Å². The molecule has 1 atom stereocenters. The summed E-state index contributed by atoms with van der Waals surface area (Å²) in [5, 5.41) is 37.7. The zero-order chi connectivity index (χ0) is 26.3. The third kappa shape index (κ3) is 14.1. The first-order valence-corrected chi connectivity index (χ1v) is 9.87. The van der Waals surface area contributed by atoms with Crippen molar-refractivity contribution in [2.45, 2.75) is 12.8 Å². The molecule has 0 aliphatic carbocycles. The minimum atomic E-state index is -1.55. The molecule has 2 heterocycles. The van der Waals surface area contributed by atoms with Crippen LogP contribution in [-0.2, 0) is 25.6 Å². The van der Waals surface area contributed by atoms with Gasteiger partial charge in [-0.1, -0.05) is 0 Å². The highest BCUT2D eigenvalue weighted by Crippen LogP contribution is 2.21. The van der Waals surface area contributed by atoms with Crippen molar-refractivity contribution in [3.8, 4) is 0 Å². The number of rotatable bonds is 7. The van der Waals surface area contributed by atoms with Gasteiger partial charge >= 0.3 is 0 Å². The Morgan fingerprint density at radius 2 is 1.47 bits per heavy atom. The first-order chi connectivity index (χ1) is 15.8. The Labute approximate surface area is 196 Å². The van der Waals surface area contributed by atoms with E-state index in [-0.39, 0.29) is 5.91 Å². The first kappa shape index (κ1) is 29.9. The van der Waals surface area contributed by atoms with Crippen molar-refractivity contribution in [1.29, 1.82) is 0 Å². The molecule has 1 aliphatic heterocycles. The van der Waals surface area contributed by atoms with Crippen molar-refractivity contribution >= 4 is 29.8 Å². The summed E-state index contributed by atoms with van der Waals surface area (Å²) in [7, 11) is 6.04. The highest BCUT2D eigenvalue weighted by Gasteiger charge is 2.25. The molecule has 1 aromatic heterocycles. The number of nitrogens with zero attached hydrogens (tertiary/aromatic N) is 3. The van der Waals surface area contributed by atoms with E-state index < -0.39 is 23.9 Å². The van der Waals surface area contributed by atoms with E-state index in [1.54, 1.807) is 6.20 Å². The van der Waals surface area contributed by atoms with E-state index in [2.05, 4.69) is 24.0 Å². The summed E-state index contributed by atoms with van der Waals surface area (Å²) in [5.41, 5.74) is 1.72. The summed E-state index contributed by atoms with van der Waals surface area (Å²) in [6.07, 6.45) is 5.32. The Morgan fingerprint density at radius 3 is 1.88 bits per heavy atom. The maximum Gasteiger partial charge on any atom is 0.255 e. The van der Waals surface area contributed by atoms with Gasteiger partial charge in [0, 0.05) is 19.8 Å². The molecule has 2 rings (SSSR count). The molecule has 0 spiro atoms. The van der Waals surface area contributed by atoms with Crippen molar-refractivity contribution < 1.29 is 44.4 Å². The van der Waals surface area contributed by atoms with Crippen LogP contribution in [0.25, 0.3) is 0 Å². The van der Waals surface area contributed by atoms with E-state index in [1.807, 2.05) is 24.1 Å². The Balaban J connectivity index is 0.000000570. The Bertz CT molecular complexity index is 860. The van der Waals surface area contributed by atoms with Gasteiger partial charge in [-0.25, -0.2) is 0 Å². The molecular formula is C22H25N3O9-4. The highest BCUT2D eigenvalue weighted by atomic mass is 16.4. The molecule has 12 nitrogen and oxygen atoms in total. The fourth-order valence-corrected chi connectivity index (χ4v) is 2.72. The van der Waals surface area contributed by atoms with E-state index in [1.165, 1.54) is 0 Å². The van der Waals surface area contributed by atoms with Crippen LogP contribution in [0, 0.1) is 5.92 Å². The normalized spacial score (nSPS) is 15.0. The van der Waals surface area contributed by atoms with Crippen LogP contribution in [0.2, 0.25) is 0 Å². The topological polar surface area (TPSA) is 197 Å². The summed E-state index contributed by atoms with van der Waals surface area (Å²) in [4.78, 5) is 58.2. The van der Waals surface area contributed by atoms with Gasteiger partial charge in [-0.3, -0.25) is 9.78 Å². The van der Waals surface area contributed by atoms with Crippen LogP contribution in [0.3, 0.4) is 0 Å². The SMILES string of the molecule is CN(C)CCC1Cc2ncccc2C(=O)N(C)C1.O=C([O-])/C=C/C(=O)[O-].O=C([O-])/C=C/C(=O)[O-]. The first-order valence-electron chi connectivity index (χ1n) is 9.87. The van der Waals surface area contributed by atoms with E-state index in [9.17, 15) is 44.4 Å². The summed E-state index contributed by atoms with van der Waals surface area (Å²) >= 11 is 0. The molecule has 0 bridgehead atoms. The lowest BCUT2D eigenvalue weighted by molar-refractivity contribution is -0.301. The van der Waals surface area contributed by atoms with Gasteiger partial charge in [0.25, 0.3) is 5.91 Å². The van der Waals surface area contributed by atoms with Gasteiger partial charge in [0.2, 0.25) is 0 Å². The third-order valence-corrected chi connectivity index (χ3v) is 4.18. The van der Waals surface area contributed by atoms with Crippen LogP contribution in [0.1, 0.15) is 22.5 Å². The maximum absolute atomic E-state index is 12.2. The lowest BCUT2D eigenvalue weighted by Gasteiger charge is -2.21. The predicted octanol–water partition coefficient (Wildman–Crippen LogP) is -4.64. The Morgan fingerprint density at radius 1 is 1.00 bits per heavy atom. The zero-order valence-corrected chi connectivity index (χ0v) is 19.0. The third-order valence-electron chi connectivity index (χ3n) is 4.18. The van der Waals surface area contributed by atoms with Gasteiger partial charge < -0.3 is 49.4 Å². The van der Waals surface area contributed by atoms with E-state index in [0.29, 0.717) is 30.2 Å². The summed E-state index contributed by atoms with van der Waals surface area (Å²) in [6, 6.07) is 3.72. The number of amides is 1. The molecule has 1 aromatic rings. The van der Waals surface area contributed by atoms with E-state index >= 15 is 0 Å². The number of aliphatic carboxylic acids is 4. The van der Waals surface area contributed by atoms with Gasteiger partial charge in [-0.2, -0.15) is 0 Å². The number of fused-ring (bicyclic) bond motifs is 1. The largest absolute Gasteiger partial charge is 0.545 e. The van der Waals surface area contributed by atoms with Crippen molar-refractivity contribution in [2.75, 3.05) is 34.2 Å². The van der Waals surface area contributed by atoms with Crippen molar-refractivity contribution in [2.24, 2.45) is 5.92 Å². The second-order valence-corrected chi connectivity index (χ2v) is 7.29. The Kier molecular flexibility index (Phi) is 13.8. The maximum atomic E-state index is 12.2. The number of carboxylic acid groups (broad SMARTS) is 4. The molecule has 186 valence electrons. The number of carbonyl (C=O) groups excluding carboxylic acids is 5. The molecule has 0 saturated heterocycles. The fraction of sp³-hybridized carbons (Fsp3) is 0.364. The number of aromatic nitrogens is 1. The van der Waals surface area contributed by atoms with Crippen LogP contribution in [0.5, 0.6) is 0 Å². The average molecular weight is 475 g/mol. The fourth-order valence-electron chi connectivity index (χ4n) is 2.72. The second-order valence-electron chi connectivity index (χ2n) is 7.29. The molecule has 34 heavy (non-hydrogen) atoms. The molecule has 0 saturated carbocycles. The average Bonchev–Trinajstić information content (AvgIpc) is 2.86. The van der Waals surface area contributed by atoms with Crippen LogP contribution in [-0.4, -0.2) is 78.8 Å². The molecule has 0 N–H and O–H groups in total. The van der Waals surface area contributed by atoms with Gasteiger partial charge in [-0.15, -0.1) is 0 Å². The van der Waals surface area contributed by atoms with Crippen molar-refractivity contribution in [3.63, 3.8) is 0 Å². The molecule has 12 heteroatoms. The molecule has 1 amide bonds. The van der Waals surface area contributed by atoms with Crippen LogP contribution >= 0.6 is 0 Å². The predicted molar refractivity (Wildman–Crippen MR) is 110 cm³/mol. The van der Waals surface area contributed by atoms with Gasteiger partial charge in [0.15, 0.2) is 0 Å². The highest BCUT2D eigenvalue weighted by molar-refractivity contribution is 5.95.